The van der Waals surface area contributed by atoms with Gasteiger partial charge in [-0.1, -0.05) is 85.6 Å². The van der Waals surface area contributed by atoms with Crippen molar-refractivity contribution in [3.8, 4) is 11.8 Å². The van der Waals surface area contributed by atoms with E-state index >= 15 is 0 Å². The summed E-state index contributed by atoms with van der Waals surface area (Å²) in [7, 11) is 0.647. The van der Waals surface area contributed by atoms with Gasteiger partial charge >= 0.3 is 5.97 Å². The van der Waals surface area contributed by atoms with Crippen LogP contribution in [0.2, 0.25) is 25.7 Å². The zero-order valence-electron chi connectivity index (χ0n) is 28.2. The minimum atomic E-state index is -1.20. The highest BCUT2D eigenvalue weighted by Crippen LogP contribution is 2.31. The van der Waals surface area contributed by atoms with Gasteiger partial charge in [-0.25, -0.2) is 9.78 Å². The lowest BCUT2D eigenvalue weighted by atomic mass is 9.98. The molecule has 0 atom stereocenters. The largest absolute Gasteiger partial charge is 0.461 e. The summed E-state index contributed by atoms with van der Waals surface area (Å²) < 4.78 is 20.6. The molecule has 3 heterocycles. The summed E-state index contributed by atoms with van der Waals surface area (Å²) in [5.74, 6) is 6.78. The molecule has 4 aromatic rings. The van der Waals surface area contributed by atoms with Crippen molar-refractivity contribution >= 4 is 63.7 Å². The second-order valence-electron chi connectivity index (χ2n) is 12.8. The smallest absolute Gasteiger partial charge is 0.359 e. The number of hydrogen-bond donors (Lipinski definition) is 0. The van der Waals surface area contributed by atoms with Crippen LogP contribution in [-0.2, 0) is 20.9 Å². The van der Waals surface area contributed by atoms with Crippen LogP contribution < -0.4 is 9.70 Å². The molecular weight excluding hydrogens is 649 g/mol. The first-order chi connectivity index (χ1) is 22.6. The second-order valence-corrected chi connectivity index (χ2v) is 20.4. The lowest BCUT2D eigenvalue weighted by Crippen LogP contribution is -2.23. The first kappa shape index (κ1) is 34.9. The number of fused-ring (bicyclic) bond motifs is 1. The molecule has 1 saturated carbocycles. The monoisotopic (exact) mass is 692 g/mol. The molecule has 1 aliphatic carbocycles. The van der Waals surface area contributed by atoms with E-state index in [0.717, 1.165) is 46.1 Å². The van der Waals surface area contributed by atoms with E-state index in [1.165, 1.54) is 30.6 Å². The molecule has 13 heteroatoms. The second kappa shape index (κ2) is 16.1. The van der Waals surface area contributed by atoms with Crippen LogP contribution in [-0.4, -0.2) is 66.8 Å². The Labute approximate surface area is 285 Å². The zero-order chi connectivity index (χ0) is 33.4. The Morgan fingerprint density at radius 2 is 1.94 bits per heavy atom. The van der Waals surface area contributed by atoms with Crippen LogP contribution in [0.4, 0.5) is 16.8 Å². The van der Waals surface area contributed by atoms with Crippen molar-refractivity contribution in [1.82, 2.24) is 19.7 Å². The molecule has 1 aromatic carbocycles. The molecule has 0 N–H and O–H groups in total. The van der Waals surface area contributed by atoms with Crippen molar-refractivity contribution in [2.24, 2.45) is 4.99 Å². The van der Waals surface area contributed by atoms with Gasteiger partial charge in [0, 0.05) is 21.7 Å². The number of anilines is 2. The first-order valence-corrected chi connectivity index (χ1v) is 21.5. The third kappa shape index (κ3) is 9.36. The number of carbonyl (C=O) groups excluding carboxylic acids is 1. The van der Waals surface area contributed by atoms with Crippen molar-refractivity contribution in [3.05, 3.63) is 51.3 Å². The van der Waals surface area contributed by atoms with Crippen molar-refractivity contribution < 1.29 is 19.0 Å². The van der Waals surface area contributed by atoms with Gasteiger partial charge in [0.05, 0.1) is 22.9 Å². The first-order valence-electron chi connectivity index (χ1n) is 16.2. The van der Waals surface area contributed by atoms with E-state index in [4.69, 9.17) is 19.2 Å². The number of ether oxygens (including phenoxy) is 3. The van der Waals surface area contributed by atoms with E-state index in [9.17, 15) is 4.79 Å². The number of nitrogens with zero attached hydrogens (tertiary/aromatic N) is 6. The summed E-state index contributed by atoms with van der Waals surface area (Å²) in [4.78, 5) is 25.4. The summed E-state index contributed by atoms with van der Waals surface area (Å²) in [6.07, 6.45) is 6.09. The average molecular weight is 693 g/mol. The van der Waals surface area contributed by atoms with Crippen molar-refractivity contribution in [1.29, 1.82) is 0 Å². The van der Waals surface area contributed by atoms with Crippen LogP contribution in [0.1, 0.15) is 60.0 Å². The van der Waals surface area contributed by atoms with Gasteiger partial charge < -0.3 is 19.1 Å². The lowest BCUT2D eigenvalue weighted by Gasteiger charge is -2.20. The molecule has 10 nitrogen and oxygen atoms in total. The van der Waals surface area contributed by atoms with Crippen LogP contribution in [0.25, 0.3) is 10.2 Å². The molecule has 1 aliphatic rings. The Kier molecular flexibility index (Phi) is 12.0. The lowest BCUT2D eigenvalue weighted by molar-refractivity contribution is 0.0496. The molecule has 0 amide bonds. The fraction of sp³-hybridized carbons (Fsp3) is 0.500. The number of benzene rings is 1. The predicted octanol–water partition coefficient (Wildman–Crippen LogP) is 7.45. The zero-order valence-corrected chi connectivity index (χ0v) is 30.8. The van der Waals surface area contributed by atoms with Crippen LogP contribution in [0.15, 0.2) is 35.3 Å². The van der Waals surface area contributed by atoms with Crippen molar-refractivity contribution in [2.75, 3.05) is 31.8 Å². The maximum atomic E-state index is 12.8. The Hall–Kier alpha value is -3.41. The highest BCUT2D eigenvalue weighted by atomic mass is 32.1. The molecule has 0 unspecified atom stereocenters. The number of rotatable bonds is 12. The molecule has 5 rings (SSSR count). The number of hydrogen-bond acceptors (Lipinski definition) is 11. The molecule has 250 valence electrons. The quantitative estimate of drug-likeness (QED) is 0.0653. The van der Waals surface area contributed by atoms with Gasteiger partial charge in [0.2, 0.25) is 0 Å². The van der Waals surface area contributed by atoms with Crippen LogP contribution in [0.3, 0.4) is 0 Å². The Bertz CT molecular complexity index is 1810. The number of aryl methyl sites for hydroxylation is 1. The third-order valence-corrected chi connectivity index (χ3v) is 11.6. The summed E-state index contributed by atoms with van der Waals surface area (Å²) in [5, 5.41) is 9.55. The average Bonchev–Trinajstić information content (AvgIpc) is 3.63. The maximum absolute atomic E-state index is 12.8. The predicted molar refractivity (Wildman–Crippen MR) is 192 cm³/mol. The fourth-order valence-corrected chi connectivity index (χ4v) is 7.75. The highest BCUT2D eigenvalue weighted by Gasteiger charge is 2.22. The third-order valence-electron chi connectivity index (χ3n) is 7.81. The normalized spacial score (nSPS) is 14.3. The summed E-state index contributed by atoms with van der Waals surface area (Å²) in [6.45, 7) is 12.5. The van der Waals surface area contributed by atoms with Gasteiger partial charge in [-0.2, -0.15) is 4.99 Å². The molecule has 0 aliphatic heterocycles. The standard InChI is InChI=1S/C34H44N6O4S2Si/c1-7-43-32(41)30-28(18-13-19-44-25-14-9-8-10-15-25)46-33(35-30)39(3)29-22-24(2)31(38-37-29)36-34-40(23-42-20-21-47(4,5)6)26-16-11-12-17-27(26)45-34/h11-12,16-17,22,25H,7-10,14-15,19-21,23H2,1-6H3. The SMILES string of the molecule is CCOC(=O)c1nc(N(C)c2cc(C)c(N=c3sc4ccccc4n3COCC[Si](C)(C)C)nn2)sc1C#CCOC1CCCCC1. The Morgan fingerprint density at radius 3 is 2.68 bits per heavy atom. The van der Waals surface area contributed by atoms with E-state index in [0.29, 0.717) is 35.0 Å². The van der Waals surface area contributed by atoms with E-state index < -0.39 is 14.0 Å². The highest BCUT2D eigenvalue weighted by molar-refractivity contribution is 7.16. The Morgan fingerprint density at radius 1 is 1.15 bits per heavy atom. The van der Waals surface area contributed by atoms with Crippen LogP contribution in [0.5, 0.6) is 0 Å². The molecule has 0 bridgehead atoms. The van der Waals surface area contributed by atoms with E-state index in [1.54, 1.807) is 23.2 Å². The van der Waals surface area contributed by atoms with Crippen molar-refractivity contribution in [2.45, 2.75) is 84.5 Å². The van der Waals surface area contributed by atoms with Gasteiger partial charge in [0.1, 0.15) is 18.2 Å². The van der Waals surface area contributed by atoms with E-state index in [2.05, 4.69) is 63.4 Å². The molecule has 47 heavy (non-hydrogen) atoms. The molecule has 1 fully saturated rings. The number of thiazole rings is 2. The fourth-order valence-electron chi connectivity index (χ4n) is 5.08. The topological polar surface area (TPSA) is 104 Å². The summed E-state index contributed by atoms with van der Waals surface area (Å²) in [6, 6.07) is 11.3. The minimum absolute atomic E-state index is 0.196. The molecule has 0 spiro atoms. The minimum Gasteiger partial charge on any atom is -0.461 e. The van der Waals surface area contributed by atoms with Crippen LogP contribution in [0, 0.1) is 18.8 Å². The number of para-hydroxylation sites is 1. The van der Waals surface area contributed by atoms with E-state index in [1.807, 2.05) is 32.2 Å². The number of carbonyl (C=O) groups is 1. The maximum Gasteiger partial charge on any atom is 0.359 e. The Balaban J connectivity index is 1.37. The summed E-state index contributed by atoms with van der Waals surface area (Å²) >= 11 is 2.91. The van der Waals surface area contributed by atoms with Gasteiger partial charge in [0.25, 0.3) is 0 Å². The van der Waals surface area contributed by atoms with Crippen molar-refractivity contribution in [3.63, 3.8) is 0 Å². The van der Waals surface area contributed by atoms with Gasteiger partial charge in [0.15, 0.2) is 27.3 Å². The van der Waals surface area contributed by atoms with Gasteiger partial charge in [-0.3, -0.25) is 4.57 Å². The number of aromatic nitrogens is 4. The molecule has 3 aromatic heterocycles. The molecular formula is C34H44N6O4S2Si. The van der Waals surface area contributed by atoms with E-state index in [-0.39, 0.29) is 18.4 Å². The van der Waals surface area contributed by atoms with Gasteiger partial charge in [-0.15, -0.1) is 10.2 Å². The number of esters is 1. The van der Waals surface area contributed by atoms with Gasteiger partial charge in [-0.05, 0) is 56.5 Å². The molecule has 0 saturated heterocycles. The molecule has 0 radical (unpaired) electrons. The van der Waals surface area contributed by atoms with Crippen LogP contribution >= 0.6 is 22.7 Å². The summed E-state index contributed by atoms with van der Waals surface area (Å²) in [5.41, 5.74) is 2.13.